The Hall–Kier alpha value is -2.59. The molecule has 0 atom stereocenters. The third-order valence-corrected chi connectivity index (χ3v) is 4.48. The molecular weight excluding hydrogens is 394 g/mol. The number of aliphatic imine (C=N–C) groups is 1. The van der Waals surface area contributed by atoms with Gasteiger partial charge in [-0.15, -0.1) is 0 Å². The van der Waals surface area contributed by atoms with Crippen molar-refractivity contribution < 1.29 is 31.9 Å². The van der Waals surface area contributed by atoms with Gasteiger partial charge in [-0.1, -0.05) is 11.6 Å². The van der Waals surface area contributed by atoms with Gasteiger partial charge in [-0.05, 0) is 12.1 Å². The first-order valence-corrected chi connectivity index (χ1v) is 8.06. The fourth-order valence-electron chi connectivity index (χ4n) is 3.13. The summed E-state index contributed by atoms with van der Waals surface area (Å²) < 4.78 is 59.8. The largest absolute Gasteiger partial charge is 0.457 e. The SMILES string of the molecule is O=C1C=C(C(F)(F)F)N2CCN=C2N1c1c(F)cc(Cl)c2oc(CO)cc12. The number of carbonyl (C=O) groups is 1. The van der Waals surface area contributed by atoms with Gasteiger partial charge in [-0.3, -0.25) is 9.79 Å². The summed E-state index contributed by atoms with van der Waals surface area (Å²) in [5.41, 5.74) is -1.50. The number of halogens is 5. The molecule has 2 aliphatic rings. The van der Waals surface area contributed by atoms with Gasteiger partial charge in [0.25, 0.3) is 5.91 Å². The summed E-state index contributed by atoms with van der Waals surface area (Å²) in [5, 5.41) is 9.18. The van der Waals surface area contributed by atoms with Crippen molar-refractivity contribution in [3.8, 4) is 0 Å². The standard InChI is InChI=1S/C16H10ClF4N3O3/c17-9-4-10(18)13(8-3-7(6-25)27-14(8)9)24-12(26)5-11(16(19,20)21)23-2-1-22-15(23)24/h3-5,25H,1-2,6H2. The van der Waals surface area contributed by atoms with Crippen LogP contribution in [0.4, 0.5) is 23.2 Å². The summed E-state index contributed by atoms with van der Waals surface area (Å²) in [6.45, 7) is -0.598. The van der Waals surface area contributed by atoms with Crippen LogP contribution in [0.5, 0.6) is 0 Å². The quantitative estimate of drug-likeness (QED) is 0.782. The number of aliphatic hydroxyl groups is 1. The first-order chi connectivity index (χ1) is 12.7. The number of nitrogens with zero attached hydrogens (tertiary/aromatic N) is 3. The van der Waals surface area contributed by atoms with Crippen molar-refractivity contribution in [1.29, 1.82) is 0 Å². The maximum absolute atomic E-state index is 14.7. The van der Waals surface area contributed by atoms with Crippen LogP contribution in [0.25, 0.3) is 11.0 Å². The Bertz CT molecular complexity index is 1030. The number of anilines is 1. The summed E-state index contributed by atoms with van der Waals surface area (Å²) in [4.78, 5) is 18.0. The number of hydrogen-bond donors (Lipinski definition) is 1. The van der Waals surface area contributed by atoms with E-state index < -0.39 is 30.2 Å². The topological polar surface area (TPSA) is 69.3 Å². The van der Waals surface area contributed by atoms with Crippen molar-refractivity contribution in [2.75, 3.05) is 18.0 Å². The molecule has 0 saturated carbocycles. The molecule has 142 valence electrons. The normalized spacial score (nSPS) is 17.5. The zero-order chi connectivity index (χ0) is 19.5. The number of fused-ring (bicyclic) bond motifs is 2. The molecule has 1 N–H and O–H groups in total. The number of aliphatic hydroxyl groups excluding tert-OH is 1. The van der Waals surface area contributed by atoms with E-state index in [1.54, 1.807) is 0 Å². The minimum atomic E-state index is -4.76. The van der Waals surface area contributed by atoms with Gasteiger partial charge < -0.3 is 14.4 Å². The number of carbonyl (C=O) groups excluding carboxylic acids is 1. The smallest absolute Gasteiger partial charge is 0.431 e. The van der Waals surface area contributed by atoms with Crippen molar-refractivity contribution in [3.05, 3.63) is 40.5 Å². The van der Waals surface area contributed by atoms with Crippen LogP contribution in [0, 0.1) is 5.82 Å². The van der Waals surface area contributed by atoms with Crippen LogP contribution in [0.2, 0.25) is 5.02 Å². The lowest BCUT2D eigenvalue weighted by Crippen LogP contribution is -2.51. The molecule has 0 radical (unpaired) electrons. The Morgan fingerprint density at radius 1 is 1.33 bits per heavy atom. The van der Waals surface area contributed by atoms with E-state index in [1.165, 1.54) is 6.07 Å². The number of guanidine groups is 1. The highest BCUT2D eigenvalue weighted by Gasteiger charge is 2.47. The first-order valence-electron chi connectivity index (χ1n) is 7.68. The van der Waals surface area contributed by atoms with E-state index >= 15 is 0 Å². The van der Waals surface area contributed by atoms with Gasteiger partial charge in [0.1, 0.15) is 23.9 Å². The molecule has 2 aliphatic heterocycles. The maximum atomic E-state index is 14.7. The van der Waals surface area contributed by atoms with Crippen LogP contribution in [0.15, 0.2) is 33.3 Å². The van der Waals surface area contributed by atoms with Crippen LogP contribution in [-0.4, -0.2) is 41.1 Å². The number of furan rings is 1. The highest BCUT2D eigenvalue weighted by Crippen LogP contribution is 2.41. The zero-order valence-corrected chi connectivity index (χ0v) is 14.1. The average Bonchev–Trinajstić information content (AvgIpc) is 3.22. The van der Waals surface area contributed by atoms with Crippen molar-refractivity contribution in [2.24, 2.45) is 4.99 Å². The van der Waals surface area contributed by atoms with E-state index in [2.05, 4.69) is 4.99 Å². The molecule has 4 rings (SSSR count). The molecule has 27 heavy (non-hydrogen) atoms. The highest BCUT2D eigenvalue weighted by atomic mass is 35.5. The van der Waals surface area contributed by atoms with Gasteiger partial charge in [-0.2, -0.15) is 13.2 Å². The van der Waals surface area contributed by atoms with Crippen molar-refractivity contribution >= 4 is 40.1 Å². The Kier molecular flexibility index (Phi) is 3.93. The van der Waals surface area contributed by atoms with E-state index in [4.69, 9.17) is 16.0 Å². The molecule has 1 aromatic heterocycles. The fraction of sp³-hybridized carbons (Fsp3) is 0.250. The second-order valence-corrected chi connectivity index (χ2v) is 6.24. The summed E-state index contributed by atoms with van der Waals surface area (Å²) in [5.74, 6) is -2.32. The number of rotatable bonds is 2. The molecule has 3 heterocycles. The molecule has 6 nitrogen and oxygen atoms in total. The molecular formula is C16H10ClF4N3O3. The second kappa shape index (κ2) is 5.96. The lowest BCUT2D eigenvalue weighted by atomic mass is 10.1. The molecule has 1 amide bonds. The van der Waals surface area contributed by atoms with E-state index in [9.17, 15) is 27.5 Å². The third kappa shape index (κ3) is 2.67. The van der Waals surface area contributed by atoms with Crippen LogP contribution >= 0.6 is 11.6 Å². The van der Waals surface area contributed by atoms with E-state index in [-0.39, 0.29) is 46.5 Å². The molecule has 0 bridgehead atoms. The lowest BCUT2D eigenvalue weighted by molar-refractivity contribution is -0.119. The van der Waals surface area contributed by atoms with Crippen LogP contribution in [0.3, 0.4) is 0 Å². The van der Waals surface area contributed by atoms with Crippen LogP contribution in [0.1, 0.15) is 5.76 Å². The molecule has 11 heteroatoms. The molecule has 2 aromatic rings. The van der Waals surface area contributed by atoms with Gasteiger partial charge in [0.05, 0.1) is 17.3 Å². The van der Waals surface area contributed by atoms with Crippen molar-refractivity contribution in [1.82, 2.24) is 4.90 Å². The van der Waals surface area contributed by atoms with Crippen molar-refractivity contribution in [3.63, 3.8) is 0 Å². The number of alkyl halides is 3. The molecule has 0 aliphatic carbocycles. The lowest BCUT2D eigenvalue weighted by Gasteiger charge is -2.35. The Labute approximate surface area is 153 Å². The highest BCUT2D eigenvalue weighted by molar-refractivity contribution is 6.36. The molecule has 0 fully saturated rings. The van der Waals surface area contributed by atoms with E-state index in [1.807, 2.05) is 0 Å². The van der Waals surface area contributed by atoms with Crippen LogP contribution in [-0.2, 0) is 11.4 Å². The summed E-state index contributed by atoms with van der Waals surface area (Å²) in [6.07, 6.45) is -4.36. The minimum Gasteiger partial charge on any atom is -0.457 e. The second-order valence-electron chi connectivity index (χ2n) is 5.84. The molecule has 0 saturated heterocycles. The number of allylic oxidation sites excluding steroid dienone is 1. The summed E-state index contributed by atoms with van der Waals surface area (Å²) >= 11 is 5.95. The van der Waals surface area contributed by atoms with Gasteiger partial charge >= 0.3 is 6.18 Å². The summed E-state index contributed by atoms with van der Waals surface area (Å²) in [7, 11) is 0. The average molecular weight is 404 g/mol. The Balaban J connectivity index is 1.95. The number of hydrogen-bond acceptors (Lipinski definition) is 5. The Morgan fingerprint density at radius 3 is 2.74 bits per heavy atom. The molecule has 0 unspecified atom stereocenters. The number of amides is 1. The van der Waals surface area contributed by atoms with Gasteiger partial charge in [-0.25, -0.2) is 9.29 Å². The minimum absolute atomic E-state index is 0.000613. The van der Waals surface area contributed by atoms with Crippen LogP contribution < -0.4 is 4.90 Å². The number of benzene rings is 1. The summed E-state index contributed by atoms with van der Waals surface area (Å²) in [6, 6.07) is 2.16. The predicted molar refractivity (Wildman–Crippen MR) is 87.7 cm³/mol. The van der Waals surface area contributed by atoms with Crippen molar-refractivity contribution in [2.45, 2.75) is 12.8 Å². The first kappa shape index (κ1) is 17.8. The Morgan fingerprint density at radius 2 is 2.07 bits per heavy atom. The van der Waals surface area contributed by atoms with E-state index in [0.29, 0.717) is 6.08 Å². The molecule has 1 aromatic carbocycles. The fourth-order valence-corrected chi connectivity index (χ4v) is 3.37. The van der Waals surface area contributed by atoms with Gasteiger partial charge in [0.15, 0.2) is 5.58 Å². The molecule has 0 spiro atoms. The third-order valence-electron chi connectivity index (χ3n) is 4.19. The predicted octanol–water partition coefficient (Wildman–Crippen LogP) is 3.18. The van der Waals surface area contributed by atoms with E-state index in [0.717, 1.165) is 15.9 Å². The maximum Gasteiger partial charge on any atom is 0.431 e. The van der Waals surface area contributed by atoms with Gasteiger partial charge in [0, 0.05) is 18.0 Å². The van der Waals surface area contributed by atoms with Gasteiger partial charge in [0.2, 0.25) is 5.96 Å². The zero-order valence-electron chi connectivity index (χ0n) is 13.3. The monoisotopic (exact) mass is 403 g/mol.